The number of benzene rings is 1. The van der Waals surface area contributed by atoms with E-state index in [9.17, 15) is 8.42 Å². The largest absolute Gasteiger partial charge is 0.368 e. The molecule has 1 saturated heterocycles. The molecule has 0 atom stereocenters. The second-order valence-electron chi connectivity index (χ2n) is 5.40. The molecule has 18 heavy (non-hydrogen) atoms. The van der Waals surface area contributed by atoms with Gasteiger partial charge in [-0.2, -0.15) is 4.31 Å². The van der Waals surface area contributed by atoms with Crippen LogP contribution in [0.15, 0.2) is 30.3 Å². The van der Waals surface area contributed by atoms with Crippen LogP contribution in [-0.4, -0.2) is 44.2 Å². The maximum atomic E-state index is 11.8. The molecule has 0 bridgehead atoms. The van der Waals surface area contributed by atoms with E-state index < -0.39 is 10.0 Å². The molecule has 2 rings (SSSR count). The third kappa shape index (κ3) is 2.67. The number of anilines is 1. The molecule has 1 heterocycles. The second-order valence-corrected chi connectivity index (χ2v) is 7.31. The van der Waals surface area contributed by atoms with Crippen LogP contribution in [0.3, 0.4) is 0 Å². The molecule has 0 saturated carbocycles. The van der Waals surface area contributed by atoms with Crippen molar-refractivity contribution in [1.29, 1.82) is 0 Å². The molecule has 1 aromatic rings. The van der Waals surface area contributed by atoms with Crippen LogP contribution in [0.2, 0.25) is 0 Å². The highest BCUT2D eigenvalue weighted by atomic mass is 32.2. The lowest BCUT2D eigenvalue weighted by atomic mass is 10.0. The van der Waals surface area contributed by atoms with Crippen LogP contribution in [0, 0.1) is 0 Å². The quantitative estimate of drug-likeness (QED) is 0.817. The van der Waals surface area contributed by atoms with Crippen molar-refractivity contribution < 1.29 is 8.42 Å². The zero-order chi connectivity index (χ0) is 13.4. The Kier molecular flexibility index (Phi) is 3.38. The Bertz CT molecular complexity index is 511. The summed E-state index contributed by atoms with van der Waals surface area (Å²) in [7, 11) is -3.13. The van der Waals surface area contributed by atoms with E-state index in [-0.39, 0.29) is 5.54 Å². The number of sulfonamides is 1. The Morgan fingerprint density at radius 3 is 2.22 bits per heavy atom. The van der Waals surface area contributed by atoms with E-state index in [1.807, 2.05) is 32.0 Å². The van der Waals surface area contributed by atoms with Gasteiger partial charge in [0.1, 0.15) is 0 Å². The molecular formula is C13H20N2O2S. The molecule has 1 aromatic carbocycles. The van der Waals surface area contributed by atoms with Crippen LogP contribution in [0.4, 0.5) is 5.69 Å². The lowest BCUT2D eigenvalue weighted by Gasteiger charge is -2.46. The van der Waals surface area contributed by atoms with Crippen molar-refractivity contribution in [2.75, 3.05) is 30.8 Å². The van der Waals surface area contributed by atoms with Crippen molar-refractivity contribution in [2.24, 2.45) is 0 Å². The van der Waals surface area contributed by atoms with Crippen LogP contribution in [-0.2, 0) is 10.0 Å². The molecule has 1 fully saturated rings. The van der Waals surface area contributed by atoms with Gasteiger partial charge < -0.3 is 4.90 Å². The van der Waals surface area contributed by atoms with E-state index in [0.717, 1.165) is 12.2 Å². The highest BCUT2D eigenvalue weighted by Gasteiger charge is 2.38. The molecule has 0 aromatic heterocycles. The van der Waals surface area contributed by atoms with Crippen molar-refractivity contribution in [3.8, 4) is 0 Å². The fourth-order valence-electron chi connectivity index (χ4n) is 2.61. The van der Waals surface area contributed by atoms with Crippen molar-refractivity contribution in [3.05, 3.63) is 30.3 Å². The minimum atomic E-state index is -3.13. The fourth-order valence-corrected chi connectivity index (χ4v) is 3.98. The molecule has 0 unspecified atom stereocenters. The van der Waals surface area contributed by atoms with Gasteiger partial charge in [-0.1, -0.05) is 18.2 Å². The first-order valence-electron chi connectivity index (χ1n) is 6.08. The van der Waals surface area contributed by atoms with E-state index in [4.69, 9.17) is 0 Å². The Hall–Kier alpha value is -1.07. The third-order valence-corrected chi connectivity index (χ3v) is 4.83. The summed E-state index contributed by atoms with van der Waals surface area (Å²) in [5.41, 5.74) is 0.778. The molecule has 100 valence electrons. The van der Waals surface area contributed by atoms with Crippen molar-refractivity contribution in [2.45, 2.75) is 19.4 Å². The summed E-state index contributed by atoms with van der Waals surface area (Å²) < 4.78 is 25.1. The van der Waals surface area contributed by atoms with Crippen LogP contribution < -0.4 is 4.90 Å². The van der Waals surface area contributed by atoms with E-state index in [1.54, 1.807) is 4.31 Å². The molecule has 0 aliphatic carbocycles. The SMILES string of the molecule is CC1(C)CN(c2ccccc2)CCN1S(C)(=O)=O. The second kappa shape index (κ2) is 4.55. The van der Waals surface area contributed by atoms with Gasteiger partial charge in [0.05, 0.1) is 6.26 Å². The fraction of sp³-hybridized carbons (Fsp3) is 0.538. The molecule has 1 aliphatic heterocycles. The van der Waals surface area contributed by atoms with Gasteiger partial charge in [-0.25, -0.2) is 8.42 Å². The van der Waals surface area contributed by atoms with E-state index in [0.29, 0.717) is 13.1 Å². The van der Waals surface area contributed by atoms with Gasteiger partial charge in [0, 0.05) is 30.9 Å². The molecule has 4 nitrogen and oxygen atoms in total. The average Bonchev–Trinajstić information content (AvgIpc) is 2.27. The van der Waals surface area contributed by atoms with Crippen LogP contribution in [0.1, 0.15) is 13.8 Å². The summed E-state index contributed by atoms with van der Waals surface area (Å²) in [5.74, 6) is 0. The first kappa shape index (κ1) is 13.4. The van der Waals surface area contributed by atoms with Crippen molar-refractivity contribution >= 4 is 15.7 Å². The number of hydrogen-bond donors (Lipinski definition) is 0. The predicted molar refractivity (Wildman–Crippen MR) is 74.3 cm³/mol. The Labute approximate surface area is 109 Å². The van der Waals surface area contributed by atoms with Gasteiger partial charge in [-0.05, 0) is 26.0 Å². The lowest BCUT2D eigenvalue weighted by molar-refractivity contribution is 0.206. The summed E-state index contributed by atoms with van der Waals surface area (Å²) in [6, 6.07) is 10.1. The van der Waals surface area contributed by atoms with Crippen LogP contribution in [0.25, 0.3) is 0 Å². The smallest absolute Gasteiger partial charge is 0.211 e. The summed E-state index contributed by atoms with van der Waals surface area (Å²) >= 11 is 0. The molecular weight excluding hydrogens is 248 g/mol. The van der Waals surface area contributed by atoms with E-state index in [2.05, 4.69) is 17.0 Å². The first-order valence-corrected chi connectivity index (χ1v) is 7.93. The highest BCUT2D eigenvalue weighted by molar-refractivity contribution is 7.88. The monoisotopic (exact) mass is 268 g/mol. The molecule has 0 N–H and O–H groups in total. The number of para-hydroxylation sites is 1. The number of nitrogens with zero attached hydrogens (tertiary/aromatic N) is 2. The zero-order valence-electron chi connectivity index (χ0n) is 11.1. The maximum Gasteiger partial charge on any atom is 0.211 e. The van der Waals surface area contributed by atoms with E-state index >= 15 is 0 Å². The maximum absolute atomic E-state index is 11.8. The average molecular weight is 268 g/mol. The van der Waals surface area contributed by atoms with Gasteiger partial charge in [-0.3, -0.25) is 0 Å². The first-order chi connectivity index (χ1) is 8.31. The van der Waals surface area contributed by atoms with Gasteiger partial charge in [0.15, 0.2) is 0 Å². The summed E-state index contributed by atoms with van der Waals surface area (Å²) in [6.45, 7) is 5.94. The standard InChI is InChI=1S/C13H20N2O2S/c1-13(2)11-14(12-7-5-4-6-8-12)9-10-15(13)18(3,16)17/h4-8H,9-11H2,1-3H3. The third-order valence-electron chi connectivity index (χ3n) is 3.35. The minimum absolute atomic E-state index is 0.373. The van der Waals surface area contributed by atoms with Crippen molar-refractivity contribution in [1.82, 2.24) is 4.31 Å². The van der Waals surface area contributed by atoms with E-state index in [1.165, 1.54) is 6.26 Å². The summed E-state index contributed by atoms with van der Waals surface area (Å²) in [5, 5.41) is 0. The number of hydrogen-bond acceptors (Lipinski definition) is 3. The molecule has 5 heteroatoms. The van der Waals surface area contributed by atoms with Gasteiger partial charge >= 0.3 is 0 Å². The normalized spacial score (nSPS) is 20.9. The molecule has 0 amide bonds. The van der Waals surface area contributed by atoms with Gasteiger partial charge in [-0.15, -0.1) is 0 Å². The summed E-state index contributed by atoms with van der Waals surface area (Å²) in [6.07, 6.45) is 1.28. The Morgan fingerprint density at radius 2 is 1.72 bits per heavy atom. The minimum Gasteiger partial charge on any atom is -0.368 e. The topological polar surface area (TPSA) is 40.6 Å². The highest BCUT2D eigenvalue weighted by Crippen LogP contribution is 2.27. The summed E-state index contributed by atoms with van der Waals surface area (Å²) in [4.78, 5) is 2.24. The van der Waals surface area contributed by atoms with Crippen LogP contribution >= 0.6 is 0 Å². The zero-order valence-corrected chi connectivity index (χ0v) is 11.9. The number of piperazine rings is 1. The molecule has 0 radical (unpaired) electrons. The predicted octanol–water partition coefficient (Wildman–Crippen LogP) is 1.55. The van der Waals surface area contributed by atoms with Gasteiger partial charge in [0.2, 0.25) is 10.0 Å². The molecule has 1 aliphatic rings. The van der Waals surface area contributed by atoms with Gasteiger partial charge in [0.25, 0.3) is 0 Å². The van der Waals surface area contributed by atoms with Crippen LogP contribution in [0.5, 0.6) is 0 Å². The number of rotatable bonds is 2. The molecule has 0 spiro atoms. The Morgan fingerprint density at radius 1 is 1.11 bits per heavy atom. The van der Waals surface area contributed by atoms with Crippen molar-refractivity contribution in [3.63, 3.8) is 0 Å². The lowest BCUT2D eigenvalue weighted by Crippen LogP contribution is -2.60. The Balaban J connectivity index is 2.21.